The number of carbonyl (C=O) groups is 1. The van der Waals surface area contributed by atoms with Gasteiger partial charge in [-0.3, -0.25) is 4.79 Å². The molecule has 1 aromatic carbocycles. The predicted molar refractivity (Wildman–Crippen MR) is 119 cm³/mol. The minimum atomic E-state index is -0.0819. The van der Waals surface area contributed by atoms with Crippen LogP contribution in [-0.2, 0) is 22.5 Å². The Labute approximate surface area is 190 Å². The van der Waals surface area contributed by atoms with Crippen LogP contribution in [0.25, 0.3) is 11.3 Å². The molecular formula is C22H22Cl2N4O3. The summed E-state index contributed by atoms with van der Waals surface area (Å²) in [4.78, 5) is 23.1. The normalized spacial score (nSPS) is 13.9. The summed E-state index contributed by atoms with van der Waals surface area (Å²) in [6.45, 7) is 3.55. The molecule has 0 unspecified atom stereocenters. The van der Waals surface area contributed by atoms with E-state index in [0.717, 1.165) is 37.7 Å². The molecule has 3 heterocycles. The Balaban J connectivity index is 1.25. The number of morpholine rings is 1. The summed E-state index contributed by atoms with van der Waals surface area (Å²) in [5, 5.41) is 3.94. The minimum absolute atomic E-state index is 0.0819. The number of nitrogens with one attached hydrogen (secondary N) is 1. The molecule has 0 atom stereocenters. The second-order valence-electron chi connectivity index (χ2n) is 7.14. The van der Waals surface area contributed by atoms with E-state index in [-0.39, 0.29) is 12.3 Å². The first-order chi connectivity index (χ1) is 15.1. The van der Waals surface area contributed by atoms with E-state index in [2.05, 4.69) is 20.2 Å². The van der Waals surface area contributed by atoms with Crippen LogP contribution < -0.4 is 10.2 Å². The van der Waals surface area contributed by atoms with Gasteiger partial charge in [-0.15, -0.1) is 0 Å². The Bertz CT molecular complexity index is 1030. The number of anilines is 1. The van der Waals surface area contributed by atoms with Crippen molar-refractivity contribution in [2.45, 2.75) is 19.4 Å². The van der Waals surface area contributed by atoms with Gasteiger partial charge in [-0.25, -0.2) is 9.97 Å². The van der Waals surface area contributed by atoms with Crippen molar-refractivity contribution in [2.24, 2.45) is 0 Å². The molecule has 9 heteroatoms. The molecule has 1 aliphatic rings. The van der Waals surface area contributed by atoms with Gasteiger partial charge in [0.15, 0.2) is 11.7 Å². The van der Waals surface area contributed by atoms with Gasteiger partial charge in [-0.2, -0.15) is 0 Å². The van der Waals surface area contributed by atoms with Crippen molar-refractivity contribution in [3.8, 4) is 11.3 Å². The topological polar surface area (TPSA) is 80.5 Å². The van der Waals surface area contributed by atoms with Gasteiger partial charge in [0.25, 0.3) is 0 Å². The average molecular weight is 461 g/mol. The van der Waals surface area contributed by atoms with Gasteiger partial charge in [0.1, 0.15) is 5.82 Å². The maximum absolute atomic E-state index is 12.2. The molecule has 1 N–H and O–H groups in total. The Hall–Kier alpha value is -2.61. The van der Waals surface area contributed by atoms with Crippen LogP contribution in [0.2, 0.25) is 10.0 Å². The Kier molecular flexibility index (Phi) is 7.06. The Morgan fingerprint density at radius 2 is 1.94 bits per heavy atom. The molecular weight excluding hydrogens is 439 g/mol. The van der Waals surface area contributed by atoms with Gasteiger partial charge >= 0.3 is 0 Å². The Morgan fingerprint density at radius 3 is 2.68 bits per heavy atom. The number of aryl methyl sites for hydroxylation is 1. The van der Waals surface area contributed by atoms with Gasteiger partial charge in [0, 0.05) is 49.3 Å². The predicted octanol–water partition coefficient (Wildman–Crippen LogP) is 4.13. The first-order valence-electron chi connectivity index (χ1n) is 10.0. The number of ether oxygens (including phenoxy) is 1. The molecule has 1 amide bonds. The van der Waals surface area contributed by atoms with Crippen LogP contribution in [0.4, 0.5) is 5.82 Å². The number of hydrogen-bond acceptors (Lipinski definition) is 6. The number of amides is 1. The molecule has 0 bridgehead atoms. The van der Waals surface area contributed by atoms with Gasteiger partial charge in [-0.1, -0.05) is 29.3 Å². The lowest BCUT2D eigenvalue weighted by Crippen LogP contribution is -2.36. The largest absolute Gasteiger partial charge is 0.441 e. The highest BCUT2D eigenvalue weighted by atomic mass is 35.5. The molecule has 162 valence electrons. The lowest BCUT2D eigenvalue weighted by Gasteiger charge is -2.27. The SMILES string of the molecule is O=C(CCc1ncc(-c2ccc(Cl)cc2Cl)o1)NCc1ccc(N2CCOCC2)nc1. The van der Waals surface area contributed by atoms with Crippen LogP contribution in [0.15, 0.2) is 47.1 Å². The fourth-order valence-corrected chi connectivity index (χ4v) is 3.75. The molecule has 1 saturated heterocycles. The zero-order valence-electron chi connectivity index (χ0n) is 16.8. The third-order valence-corrected chi connectivity index (χ3v) is 5.50. The number of halogens is 2. The summed E-state index contributed by atoms with van der Waals surface area (Å²) >= 11 is 12.1. The zero-order chi connectivity index (χ0) is 21.6. The van der Waals surface area contributed by atoms with Crippen molar-refractivity contribution in [1.29, 1.82) is 0 Å². The second-order valence-corrected chi connectivity index (χ2v) is 7.99. The number of pyridine rings is 1. The van der Waals surface area contributed by atoms with E-state index < -0.39 is 0 Å². The van der Waals surface area contributed by atoms with Crippen LogP contribution in [0.3, 0.4) is 0 Å². The quantitative estimate of drug-likeness (QED) is 0.570. The number of nitrogens with zero attached hydrogens (tertiary/aromatic N) is 3. The Morgan fingerprint density at radius 1 is 1.10 bits per heavy atom. The molecule has 0 spiro atoms. The molecule has 3 aromatic rings. The average Bonchev–Trinajstić information content (AvgIpc) is 3.26. The zero-order valence-corrected chi connectivity index (χ0v) is 18.3. The van der Waals surface area contributed by atoms with Crippen molar-refractivity contribution in [2.75, 3.05) is 31.2 Å². The number of benzene rings is 1. The van der Waals surface area contributed by atoms with E-state index in [1.54, 1.807) is 30.6 Å². The lowest BCUT2D eigenvalue weighted by atomic mass is 10.2. The molecule has 2 aromatic heterocycles. The maximum Gasteiger partial charge on any atom is 0.220 e. The van der Waals surface area contributed by atoms with Crippen LogP contribution in [-0.4, -0.2) is 42.2 Å². The van der Waals surface area contributed by atoms with Crippen LogP contribution >= 0.6 is 23.2 Å². The fourth-order valence-electron chi connectivity index (χ4n) is 3.25. The number of carbonyl (C=O) groups excluding carboxylic acids is 1. The summed E-state index contributed by atoms with van der Waals surface area (Å²) < 4.78 is 11.1. The minimum Gasteiger partial charge on any atom is -0.441 e. The molecule has 0 radical (unpaired) electrons. The summed E-state index contributed by atoms with van der Waals surface area (Å²) in [6, 6.07) is 9.12. The first kappa shape index (κ1) is 21.6. The third-order valence-electron chi connectivity index (χ3n) is 4.95. The number of hydrogen-bond donors (Lipinski definition) is 1. The summed E-state index contributed by atoms with van der Waals surface area (Å²) in [5.74, 6) is 1.87. The van der Waals surface area contributed by atoms with E-state index in [0.29, 0.717) is 40.2 Å². The fraction of sp³-hybridized carbons (Fsp3) is 0.318. The van der Waals surface area contributed by atoms with E-state index in [1.807, 2.05) is 12.1 Å². The van der Waals surface area contributed by atoms with Crippen molar-refractivity contribution in [1.82, 2.24) is 15.3 Å². The van der Waals surface area contributed by atoms with E-state index in [9.17, 15) is 4.79 Å². The number of aromatic nitrogens is 2. The molecule has 1 aliphatic heterocycles. The highest BCUT2D eigenvalue weighted by Gasteiger charge is 2.13. The van der Waals surface area contributed by atoms with Crippen LogP contribution in [0.1, 0.15) is 17.9 Å². The van der Waals surface area contributed by atoms with E-state index >= 15 is 0 Å². The maximum atomic E-state index is 12.2. The summed E-state index contributed by atoms with van der Waals surface area (Å²) in [7, 11) is 0. The van der Waals surface area contributed by atoms with Crippen LogP contribution in [0.5, 0.6) is 0 Å². The van der Waals surface area contributed by atoms with E-state index in [1.165, 1.54) is 0 Å². The standard InChI is InChI=1S/C22H22Cl2N4O3/c23-16-2-3-17(18(24)11-16)19-14-27-22(31-19)6-5-21(29)26-13-15-1-4-20(25-12-15)28-7-9-30-10-8-28/h1-4,11-12,14H,5-10,13H2,(H,26,29). The highest BCUT2D eigenvalue weighted by molar-refractivity contribution is 6.36. The first-order valence-corrected chi connectivity index (χ1v) is 10.8. The van der Waals surface area contributed by atoms with Crippen molar-refractivity contribution in [3.63, 3.8) is 0 Å². The second kappa shape index (κ2) is 10.1. The van der Waals surface area contributed by atoms with Gasteiger partial charge in [0.05, 0.1) is 24.4 Å². The molecule has 7 nitrogen and oxygen atoms in total. The highest BCUT2D eigenvalue weighted by Crippen LogP contribution is 2.30. The number of oxazole rings is 1. The summed E-state index contributed by atoms with van der Waals surface area (Å²) in [6.07, 6.45) is 4.06. The molecule has 31 heavy (non-hydrogen) atoms. The van der Waals surface area contributed by atoms with Crippen molar-refractivity contribution < 1.29 is 13.9 Å². The van der Waals surface area contributed by atoms with E-state index in [4.69, 9.17) is 32.4 Å². The molecule has 0 saturated carbocycles. The molecule has 4 rings (SSSR count). The van der Waals surface area contributed by atoms with Gasteiger partial charge in [0.2, 0.25) is 5.91 Å². The third kappa shape index (κ3) is 5.76. The number of rotatable bonds is 7. The lowest BCUT2D eigenvalue weighted by molar-refractivity contribution is -0.121. The van der Waals surface area contributed by atoms with Gasteiger partial charge < -0.3 is 19.4 Å². The molecule has 0 aliphatic carbocycles. The van der Waals surface area contributed by atoms with Gasteiger partial charge in [-0.05, 0) is 29.8 Å². The smallest absolute Gasteiger partial charge is 0.220 e. The summed E-state index contributed by atoms with van der Waals surface area (Å²) in [5.41, 5.74) is 1.66. The van der Waals surface area contributed by atoms with Crippen molar-refractivity contribution >= 4 is 34.9 Å². The van der Waals surface area contributed by atoms with Crippen LogP contribution in [0, 0.1) is 0 Å². The van der Waals surface area contributed by atoms with Crippen molar-refractivity contribution in [3.05, 3.63) is 64.2 Å². The monoisotopic (exact) mass is 460 g/mol. The molecule has 1 fully saturated rings.